The zero-order chi connectivity index (χ0) is 21.8. The number of hydrogen-bond acceptors (Lipinski definition) is 7. The molecule has 2 unspecified atom stereocenters. The number of carbonyl (C=O) groups is 2. The van der Waals surface area contributed by atoms with Crippen LogP contribution in [0.5, 0.6) is 0 Å². The van der Waals surface area contributed by atoms with Gasteiger partial charge in [0.25, 0.3) is 5.91 Å². The molecule has 0 aromatic carbocycles. The third kappa shape index (κ3) is 5.01. The summed E-state index contributed by atoms with van der Waals surface area (Å²) in [5, 5.41) is 26.2. The van der Waals surface area contributed by atoms with Crippen LogP contribution >= 0.6 is 0 Å². The minimum Gasteiger partial charge on any atom is -0.465 e. The zero-order valence-electron chi connectivity index (χ0n) is 17.2. The number of aromatic nitrogens is 3. The van der Waals surface area contributed by atoms with Crippen molar-refractivity contribution in [1.82, 2.24) is 20.5 Å². The monoisotopic (exact) mass is 425 g/mol. The summed E-state index contributed by atoms with van der Waals surface area (Å²) in [7, 11) is 0. The highest BCUT2D eigenvalue weighted by atomic mass is 16.4. The van der Waals surface area contributed by atoms with Crippen molar-refractivity contribution < 1.29 is 14.7 Å². The van der Waals surface area contributed by atoms with Gasteiger partial charge >= 0.3 is 6.09 Å². The number of amides is 2. The fraction of sp³-hybridized carbons (Fsp3) is 0.476. The fourth-order valence-electron chi connectivity index (χ4n) is 4.15. The summed E-state index contributed by atoms with van der Waals surface area (Å²) in [6.45, 7) is 0. The molecule has 0 spiro atoms. The van der Waals surface area contributed by atoms with E-state index in [0.717, 1.165) is 44.2 Å². The first kappa shape index (κ1) is 20.8. The summed E-state index contributed by atoms with van der Waals surface area (Å²) in [6.07, 6.45) is 5.96. The van der Waals surface area contributed by atoms with Crippen molar-refractivity contribution in [3.05, 3.63) is 35.7 Å². The van der Waals surface area contributed by atoms with Crippen LogP contribution in [-0.4, -0.2) is 44.4 Å². The second-order valence-electron chi connectivity index (χ2n) is 8.15. The van der Waals surface area contributed by atoms with Gasteiger partial charge in [-0.25, -0.2) is 9.78 Å². The minimum atomic E-state index is -1.05. The highest BCUT2D eigenvalue weighted by Gasteiger charge is 2.27. The first-order chi connectivity index (χ1) is 15.0. The summed E-state index contributed by atoms with van der Waals surface area (Å²) in [4.78, 5) is 27.7. The van der Waals surface area contributed by atoms with Crippen molar-refractivity contribution in [2.75, 3.05) is 10.6 Å². The molecule has 10 heteroatoms. The molecule has 4 rings (SSSR count). The number of nitrogens with one attached hydrogen (secondary N) is 3. The van der Waals surface area contributed by atoms with Crippen molar-refractivity contribution in [2.45, 2.75) is 62.9 Å². The maximum atomic E-state index is 11.9. The van der Waals surface area contributed by atoms with Gasteiger partial charge in [-0.05, 0) is 37.8 Å². The van der Waals surface area contributed by atoms with Gasteiger partial charge in [-0.2, -0.15) is 0 Å². The van der Waals surface area contributed by atoms with Gasteiger partial charge < -0.3 is 26.8 Å². The molecule has 2 amide bonds. The first-order valence-electron chi connectivity index (χ1n) is 10.7. The van der Waals surface area contributed by atoms with Crippen molar-refractivity contribution in [1.29, 1.82) is 0 Å². The highest BCUT2D eigenvalue weighted by Crippen LogP contribution is 2.35. The van der Waals surface area contributed by atoms with Gasteiger partial charge in [-0.15, -0.1) is 10.2 Å². The lowest BCUT2D eigenvalue weighted by molar-refractivity contribution is 0.0995. The molecular formula is C21H27N7O3. The second-order valence-corrected chi connectivity index (χ2v) is 8.15. The molecule has 0 saturated heterocycles. The number of hydrogen-bond donors (Lipinski definition) is 5. The zero-order valence-corrected chi connectivity index (χ0v) is 17.2. The molecule has 2 aromatic heterocycles. The molecule has 31 heavy (non-hydrogen) atoms. The predicted molar refractivity (Wildman–Crippen MR) is 115 cm³/mol. The number of pyridine rings is 1. The molecule has 10 nitrogen and oxygen atoms in total. The Kier molecular flexibility index (Phi) is 6.15. The lowest BCUT2D eigenvalue weighted by Gasteiger charge is -2.32. The smallest absolute Gasteiger partial charge is 0.404 e. The van der Waals surface area contributed by atoms with E-state index in [9.17, 15) is 9.59 Å². The van der Waals surface area contributed by atoms with Crippen LogP contribution in [0.4, 0.5) is 22.1 Å². The summed E-state index contributed by atoms with van der Waals surface area (Å²) in [6, 6.07) is 7.10. The van der Waals surface area contributed by atoms with Crippen LogP contribution in [0.3, 0.4) is 0 Å². The van der Waals surface area contributed by atoms with Crippen molar-refractivity contribution in [3.63, 3.8) is 0 Å². The number of primary amides is 1. The number of nitrogens with two attached hydrogens (primary N) is 1. The van der Waals surface area contributed by atoms with E-state index in [0.29, 0.717) is 23.2 Å². The molecular weight excluding hydrogens is 398 g/mol. The van der Waals surface area contributed by atoms with Crippen molar-refractivity contribution in [2.24, 2.45) is 5.73 Å². The molecule has 0 bridgehead atoms. The van der Waals surface area contributed by atoms with Crippen molar-refractivity contribution in [3.8, 4) is 0 Å². The third-order valence-electron chi connectivity index (χ3n) is 5.99. The van der Waals surface area contributed by atoms with E-state index in [1.165, 1.54) is 6.42 Å². The number of carboxylic acid groups (broad SMARTS) is 1. The number of nitrogens with zero attached hydrogens (tertiary/aromatic N) is 3. The summed E-state index contributed by atoms with van der Waals surface area (Å²) >= 11 is 0. The van der Waals surface area contributed by atoms with Crippen LogP contribution in [0.15, 0.2) is 24.3 Å². The Bertz CT molecular complexity index is 964. The summed E-state index contributed by atoms with van der Waals surface area (Å²) < 4.78 is 0. The van der Waals surface area contributed by atoms with Crippen LogP contribution in [-0.2, 0) is 0 Å². The van der Waals surface area contributed by atoms with Crippen LogP contribution in [0.25, 0.3) is 0 Å². The number of carbonyl (C=O) groups excluding carboxylic acids is 1. The van der Waals surface area contributed by atoms with E-state index in [4.69, 9.17) is 10.8 Å². The van der Waals surface area contributed by atoms with E-state index in [2.05, 4.69) is 31.1 Å². The molecule has 164 valence electrons. The fourth-order valence-corrected chi connectivity index (χ4v) is 4.15. The molecule has 0 radical (unpaired) electrons. The molecule has 2 heterocycles. The minimum absolute atomic E-state index is 0.0188. The Hall–Kier alpha value is -3.43. The van der Waals surface area contributed by atoms with Gasteiger partial charge in [0, 0.05) is 23.7 Å². The standard InChI is InChI=1S/C21H27N7O3/c22-20(29)19-16(25-17-10-4-9-13(23-17)12-5-3-6-12)11-18(27-28-19)24-14-7-1-2-8-15(14)26-21(30)31/h4,9-12,14-15,26H,1-3,5-8H2,(H2,22,29)(H,30,31)(H2,23,24,25,27). The Labute approximate surface area is 180 Å². The second kappa shape index (κ2) is 9.15. The van der Waals surface area contributed by atoms with E-state index >= 15 is 0 Å². The van der Waals surface area contributed by atoms with E-state index < -0.39 is 12.0 Å². The number of rotatable bonds is 7. The number of anilines is 3. The van der Waals surface area contributed by atoms with Crippen LogP contribution in [0.2, 0.25) is 0 Å². The third-order valence-corrected chi connectivity index (χ3v) is 5.99. The lowest BCUT2D eigenvalue weighted by Crippen LogP contribution is -2.48. The van der Waals surface area contributed by atoms with E-state index in [1.54, 1.807) is 6.07 Å². The topological polar surface area (TPSA) is 155 Å². The molecule has 2 saturated carbocycles. The summed E-state index contributed by atoms with van der Waals surface area (Å²) in [5.74, 6) is 0.829. The molecule has 2 aliphatic rings. The maximum Gasteiger partial charge on any atom is 0.404 e. The Morgan fingerprint density at radius 1 is 1.00 bits per heavy atom. The van der Waals surface area contributed by atoms with Gasteiger partial charge in [-0.1, -0.05) is 25.3 Å². The first-order valence-corrected chi connectivity index (χ1v) is 10.7. The molecule has 2 atom stereocenters. The predicted octanol–water partition coefficient (Wildman–Crippen LogP) is 2.97. The van der Waals surface area contributed by atoms with Crippen LogP contribution in [0, 0.1) is 0 Å². The highest BCUT2D eigenvalue weighted by molar-refractivity contribution is 5.97. The lowest BCUT2D eigenvalue weighted by atomic mass is 9.83. The van der Waals surface area contributed by atoms with Gasteiger partial charge in [0.15, 0.2) is 11.5 Å². The Morgan fingerprint density at radius 3 is 2.45 bits per heavy atom. The summed E-state index contributed by atoms with van der Waals surface area (Å²) in [5.41, 5.74) is 6.94. The van der Waals surface area contributed by atoms with Crippen LogP contribution in [0.1, 0.15) is 67.0 Å². The van der Waals surface area contributed by atoms with Gasteiger partial charge in [-0.3, -0.25) is 4.79 Å². The molecule has 6 N–H and O–H groups in total. The van der Waals surface area contributed by atoms with Crippen molar-refractivity contribution >= 4 is 29.3 Å². The van der Waals surface area contributed by atoms with E-state index in [1.807, 2.05) is 18.2 Å². The van der Waals surface area contributed by atoms with Gasteiger partial charge in [0.2, 0.25) is 0 Å². The molecule has 0 aliphatic heterocycles. The quantitative estimate of drug-likeness (QED) is 0.453. The molecule has 2 aromatic rings. The van der Waals surface area contributed by atoms with Crippen LogP contribution < -0.4 is 21.7 Å². The maximum absolute atomic E-state index is 11.9. The van der Waals surface area contributed by atoms with Gasteiger partial charge in [0.05, 0.1) is 11.7 Å². The molecule has 2 fully saturated rings. The SMILES string of the molecule is NC(=O)c1nnc(NC2CCCCC2NC(=O)O)cc1Nc1cccc(C2CCC2)n1. The van der Waals surface area contributed by atoms with Gasteiger partial charge in [0.1, 0.15) is 5.82 Å². The average Bonchev–Trinajstić information content (AvgIpc) is 2.68. The average molecular weight is 425 g/mol. The Balaban J connectivity index is 1.55. The normalized spacial score (nSPS) is 21.0. The van der Waals surface area contributed by atoms with E-state index in [-0.39, 0.29) is 17.8 Å². The Morgan fingerprint density at radius 2 is 1.77 bits per heavy atom. The largest absolute Gasteiger partial charge is 0.465 e. The molecule has 2 aliphatic carbocycles.